The molecule has 0 aromatic rings. The van der Waals surface area contributed by atoms with E-state index in [9.17, 15) is 44.1 Å². The second kappa shape index (κ2) is 17.5. The van der Waals surface area contributed by atoms with Gasteiger partial charge in [0.25, 0.3) is 0 Å². The number of rotatable bonds is 17. The minimum absolute atomic E-state index is 0.114. The zero-order valence-electron chi connectivity index (χ0n) is 20.7. The Labute approximate surface area is 217 Å². The van der Waals surface area contributed by atoms with Crippen molar-refractivity contribution in [2.75, 3.05) is 31.7 Å². The number of hydrogen-bond acceptors (Lipinski definition) is 11. The molecule has 0 rings (SSSR count). The first-order valence-corrected chi connectivity index (χ1v) is 12.5. The molecule has 17 heteroatoms. The highest BCUT2D eigenvalue weighted by atomic mass is 32.2. The van der Waals surface area contributed by atoms with Crippen molar-refractivity contribution in [3.8, 4) is 0 Å². The number of aliphatic hydroxyl groups is 3. The highest BCUT2D eigenvalue weighted by Crippen LogP contribution is 2.04. The lowest BCUT2D eigenvalue weighted by Gasteiger charge is -2.26. The molecule has 5 amide bonds. The number of thioether (sulfide) groups is 1. The maximum Gasteiger partial charge on any atom is 0.322 e. The van der Waals surface area contributed by atoms with Crippen LogP contribution in [0.15, 0.2) is 0 Å². The molecule has 0 aliphatic carbocycles. The molecule has 0 unspecified atom stereocenters. The lowest BCUT2D eigenvalue weighted by molar-refractivity contribution is -0.138. The van der Waals surface area contributed by atoms with Crippen LogP contribution < -0.4 is 32.3 Å². The molecule has 6 atom stereocenters. The number of carboxylic acid groups (broad SMARTS) is 1. The van der Waals surface area contributed by atoms with Gasteiger partial charge in [0.15, 0.2) is 0 Å². The van der Waals surface area contributed by atoms with Crippen LogP contribution in [0.1, 0.15) is 20.3 Å². The summed E-state index contributed by atoms with van der Waals surface area (Å²) in [5.41, 5.74) is 5.49. The van der Waals surface area contributed by atoms with E-state index in [0.717, 1.165) is 0 Å². The Morgan fingerprint density at radius 1 is 0.811 bits per heavy atom. The van der Waals surface area contributed by atoms with E-state index in [1.165, 1.54) is 25.6 Å². The van der Waals surface area contributed by atoms with Crippen molar-refractivity contribution in [3.05, 3.63) is 0 Å². The molecule has 0 aliphatic heterocycles. The third kappa shape index (κ3) is 13.2. The molecule has 0 aliphatic rings. The number of carboxylic acids is 1. The molecule has 0 radical (unpaired) electrons. The molecule has 0 aromatic heterocycles. The monoisotopic (exact) mass is 552 g/mol. The summed E-state index contributed by atoms with van der Waals surface area (Å²) in [7, 11) is 0. The number of carbonyl (C=O) groups excluding carboxylic acids is 5. The van der Waals surface area contributed by atoms with E-state index in [-0.39, 0.29) is 6.42 Å². The Balaban J connectivity index is 5.32. The highest BCUT2D eigenvalue weighted by molar-refractivity contribution is 7.98. The largest absolute Gasteiger partial charge is 0.480 e. The van der Waals surface area contributed by atoms with Gasteiger partial charge >= 0.3 is 5.97 Å². The topological polar surface area (TPSA) is 270 Å². The van der Waals surface area contributed by atoms with Crippen molar-refractivity contribution in [2.24, 2.45) is 5.73 Å². The summed E-state index contributed by atoms with van der Waals surface area (Å²) in [5.74, 6) is -5.35. The van der Waals surface area contributed by atoms with Crippen LogP contribution in [0, 0.1) is 0 Å². The van der Waals surface area contributed by atoms with Crippen molar-refractivity contribution in [1.29, 1.82) is 0 Å². The predicted octanol–water partition coefficient (Wildman–Crippen LogP) is -5.41. The van der Waals surface area contributed by atoms with Gasteiger partial charge in [-0.05, 0) is 32.3 Å². The minimum Gasteiger partial charge on any atom is -0.480 e. The van der Waals surface area contributed by atoms with Crippen LogP contribution in [-0.2, 0) is 28.8 Å². The number of aliphatic hydroxyl groups excluding tert-OH is 3. The molecule has 16 nitrogen and oxygen atoms in total. The van der Waals surface area contributed by atoms with Crippen molar-refractivity contribution >= 4 is 47.3 Å². The molecule has 0 heterocycles. The first-order chi connectivity index (χ1) is 17.2. The standard InChI is InChI=1S/C20H36N6O10S/c1-9(28)15(21)19(35)25-12(8-27)18(34)26-16(10(2)29)20(36)24-11(4-5-37-3)17(33)23-6-13(30)22-7-14(31)32/h9-12,15-16,27-29H,4-8,21H2,1-3H3,(H,22,30)(H,23,33)(H,24,36)(H,25,35)(H,26,34)(H,31,32)/t9-,10-,11+,12+,15+,16+/m1/s1. The van der Waals surface area contributed by atoms with E-state index in [0.29, 0.717) is 5.75 Å². The summed E-state index contributed by atoms with van der Waals surface area (Å²) in [6.07, 6.45) is -0.847. The number of hydrogen-bond donors (Lipinski definition) is 10. The third-order valence-corrected chi connectivity index (χ3v) is 5.45. The second-order valence-corrected chi connectivity index (χ2v) is 8.95. The molecule has 212 valence electrons. The number of carbonyl (C=O) groups is 6. The van der Waals surface area contributed by atoms with Gasteiger partial charge in [0, 0.05) is 0 Å². The van der Waals surface area contributed by atoms with E-state index in [4.69, 9.17) is 10.8 Å². The van der Waals surface area contributed by atoms with Crippen molar-refractivity contribution in [2.45, 2.75) is 56.6 Å². The van der Waals surface area contributed by atoms with Crippen LogP contribution in [0.3, 0.4) is 0 Å². The molecule has 0 saturated carbocycles. The van der Waals surface area contributed by atoms with Gasteiger partial charge in [-0.1, -0.05) is 0 Å². The van der Waals surface area contributed by atoms with Gasteiger partial charge in [-0.2, -0.15) is 11.8 Å². The molecule has 37 heavy (non-hydrogen) atoms. The van der Waals surface area contributed by atoms with E-state index in [1.54, 1.807) is 6.26 Å². The zero-order chi connectivity index (χ0) is 28.7. The number of aliphatic carboxylic acids is 1. The summed E-state index contributed by atoms with van der Waals surface area (Å²) in [6.45, 7) is 0.349. The van der Waals surface area contributed by atoms with Crippen LogP contribution in [-0.4, -0.2) is 124 Å². The van der Waals surface area contributed by atoms with Gasteiger partial charge < -0.3 is 52.7 Å². The fourth-order valence-electron chi connectivity index (χ4n) is 2.63. The van der Waals surface area contributed by atoms with E-state index < -0.39 is 91.6 Å². The SMILES string of the molecule is CSCC[C@H](NC(=O)[C@@H](NC(=O)[C@H](CO)NC(=O)[C@@H](N)[C@@H](C)O)[C@@H](C)O)C(=O)NCC(=O)NCC(=O)O. The molecule has 0 spiro atoms. The molecule has 0 saturated heterocycles. The fourth-order valence-corrected chi connectivity index (χ4v) is 3.10. The van der Waals surface area contributed by atoms with E-state index in [2.05, 4.69) is 26.6 Å². The Hall–Kier alpha value is -2.99. The number of nitrogens with one attached hydrogen (secondary N) is 5. The summed E-state index contributed by atoms with van der Waals surface area (Å²) in [5, 5.41) is 48.5. The molecule has 11 N–H and O–H groups in total. The van der Waals surface area contributed by atoms with Gasteiger partial charge in [-0.15, -0.1) is 0 Å². The summed E-state index contributed by atoms with van der Waals surface area (Å²) >= 11 is 1.36. The average Bonchev–Trinajstić information content (AvgIpc) is 2.83. The average molecular weight is 553 g/mol. The van der Waals surface area contributed by atoms with E-state index >= 15 is 0 Å². The fraction of sp³-hybridized carbons (Fsp3) is 0.700. The van der Waals surface area contributed by atoms with Gasteiger partial charge in [-0.3, -0.25) is 28.8 Å². The Morgan fingerprint density at radius 2 is 1.41 bits per heavy atom. The van der Waals surface area contributed by atoms with Gasteiger partial charge in [0.1, 0.15) is 30.7 Å². The normalized spacial score (nSPS) is 15.6. The predicted molar refractivity (Wildman–Crippen MR) is 131 cm³/mol. The van der Waals surface area contributed by atoms with Crippen LogP contribution >= 0.6 is 11.8 Å². The zero-order valence-corrected chi connectivity index (χ0v) is 21.5. The maximum atomic E-state index is 12.8. The smallest absolute Gasteiger partial charge is 0.322 e. The molecular formula is C20H36N6O10S. The van der Waals surface area contributed by atoms with Gasteiger partial charge in [0.2, 0.25) is 29.5 Å². The van der Waals surface area contributed by atoms with Crippen LogP contribution in [0.2, 0.25) is 0 Å². The molecule has 0 fully saturated rings. The van der Waals surface area contributed by atoms with Crippen LogP contribution in [0.5, 0.6) is 0 Å². The lowest BCUT2D eigenvalue weighted by atomic mass is 10.1. The van der Waals surface area contributed by atoms with Crippen LogP contribution in [0.4, 0.5) is 0 Å². The van der Waals surface area contributed by atoms with Crippen molar-refractivity contribution in [1.82, 2.24) is 26.6 Å². The third-order valence-electron chi connectivity index (χ3n) is 4.80. The number of nitrogens with two attached hydrogens (primary N) is 1. The van der Waals surface area contributed by atoms with Gasteiger partial charge in [0.05, 0.1) is 25.4 Å². The lowest BCUT2D eigenvalue weighted by Crippen LogP contribution is -2.61. The maximum absolute atomic E-state index is 12.8. The number of amides is 5. The molecular weight excluding hydrogens is 516 g/mol. The Bertz CT molecular complexity index is 812. The van der Waals surface area contributed by atoms with Crippen molar-refractivity contribution in [3.63, 3.8) is 0 Å². The van der Waals surface area contributed by atoms with Gasteiger partial charge in [-0.25, -0.2) is 0 Å². The first-order valence-electron chi connectivity index (χ1n) is 11.1. The highest BCUT2D eigenvalue weighted by Gasteiger charge is 2.33. The van der Waals surface area contributed by atoms with Crippen molar-refractivity contribution < 1.29 is 49.2 Å². The Kier molecular flexibility index (Phi) is 16.1. The van der Waals surface area contributed by atoms with E-state index in [1.807, 2.05) is 0 Å². The van der Waals surface area contributed by atoms with Crippen LogP contribution in [0.25, 0.3) is 0 Å². The minimum atomic E-state index is -1.60. The summed E-state index contributed by atoms with van der Waals surface area (Å²) < 4.78 is 0. The summed E-state index contributed by atoms with van der Waals surface area (Å²) in [4.78, 5) is 72.1. The first kappa shape index (κ1) is 34.0. The second-order valence-electron chi connectivity index (χ2n) is 7.97. The molecule has 0 aromatic carbocycles. The quantitative estimate of drug-likeness (QED) is 0.0810. The Morgan fingerprint density at radius 3 is 1.89 bits per heavy atom. The summed E-state index contributed by atoms with van der Waals surface area (Å²) in [6, 6.07) is -5.74. The molecule has 0 bridgehead atoms.